The fourth-order valence-electron chi connectivity index (χ4n) is 1.99. The summed E-state index contributed by atoms with van der Waals surface area (Å²) >= 11 is 1.68. The second-order valence-electron chi connectivity index (χ2n) is 3.90. The molecule has 94 valence electrons. The van der Waals surface area contributed by atoms with E-state index in [1.165, 1.54) is 17.2 Å². The van der Waals surface area contributed by atoms with Crippen LogP contribution in [-0.2, 0) is 0 Å². The Kier molecular flexibility index (Phi) is 4.33. The highest BCUT2D eigenvalue weighted by atomic mass is 32.2. The van der Waals surface area contributed by atoms with E-state index in [1.807, 2.05) is 25.4 Å². The number of rotatable bonds is 4. The molecule has 1 aromatic heterocycles. The van der Waals surface area contributed by atoms with Crippen LogP contribution >= 0.6 is 11.8 Å². The zero-order valence-electron chi connectivity index (χ0n) is 10.4. The molecule has 1 aromatic carbocycles. The molecule has 4 heteroatoms. The first-order valence-corrected chi connectivity index (χ1v) is 6.89. The number of thioether (sulfide) groups is 1. The van der Waals surface area contributed by atoms with E-state index in [0.29, 0.717) is 0 Å². The van der Waals surface area contributed by atoms with E-state index >= 15 is 0 Å². The van der Waals surface area contributed by atoms with Crippen LogP contribution in [0, 0.1) is 5.82 Å². The summed E-state index contributed by atoms with van der Waals surface area (Å²) in [6, 6.07) is 9.59. The van der Waals surface area contributed by atoms with Gasteiger partial charge in [0.1, 0.15) is 5.82 Å². The van der Waals surface area contributed by atoms with Crippen molar-refractivity contribution in [3.63, 3.8) is 0 Å². The molecule has 0 aliphatic rings. The van der Waals surface area contributed by atoms with Gasteiger partial charge >= 0.3 is 0 Å². The Morgan fingerprint density at radius 2 is 2.06 bits per heavy atom. The summed E-state index contributed by atoms with van der Waals surface area (Å²) in [5.41, 5.74) is 1.97. The number of benzene rings is 1. The molecule has 0 radical (unpaired) electrons. The summed E-state index contributed by atoms with van der Waals surface area (Å²) < 4.78 is 13.3. The van der Waals surface area contributed by atoms with Gasteiger partial charge in [-0.3, -0.25) is 4.98 Å². The van der Waals surface area contributed by atoms with Crippen molar-refractivity contribution in [3.8, 4) is 0 Å². The molecule has 0 amide bonds. The number of halogens is 1. The summed E-state index contributed by atoms with van der Waals surface area (Å²) in [5.74, 6) is -0.311. The van der Waals surface area contributed by atoms with Crippen molar-refractivity contribution in [3.05, 3.63) is 59.7 Å². The second-order valence-corrected chi connectivity index (χ2v) is 4.75. The molecule has 1 atom stereocenters. The summed E-state index contributed by atoms with van der Waals surface area (Å²) in [7, 11) is 1.87. The summed E-state index contributed by atoms with van der Waals surface area (Å²) in [6.07, 6.45) is 4.95. The third-order valence-corrected chi connectivity index (χ3v) is 3.61. The van der Waals surface area contributed by atoms with E-state index in [4.69, 9.17) is 0 Å². The average Bonchev–Trinajstić information content (AvgIpc) is 2.40. The Labute approximate surface area is 111 Å². The number of nitrogens with zero attached hydrogens (tertiary/aromatic N) is 1. The zero-order chi connectivity index (χ0) is 13.0. The third kappa shape index (κ3) is 2.71. The van der Waals surface area contributed by atoms with Gasteiger partial charge in [-0.1, -0.05) is 18.2 Å². The normalized spacial score (nSPS) is 12.4. The van der Waals surface area contributed by atoms with Gasteiger partial charge in [0.15, 0.2) is 0 Å². The zero-order valence-corrected chi connectivity index (χ0v) is 11.2. The Morgan fingerprint density at radius 3 is 2.72 bits per heavy atom. The maximum Gasteiger partial charge on any atom is 0.141 e. The van der Waals surface area contributed by atoms with E-state index in [2.05, 4.69) is 22.4 Å². The second kappa shape index (κ2) is 5.98. The van der Waals surface area contributed by atoms with Crippen LogP contribution < -0.4 is 5.32 Å². The first-order valence-electron chi connectivity index (χ1n) is 5.67. The van der Waals surface area contributed by atoms with Crippen molar-refractivity contribution in [2.75, 3.05) is 13.3 Å². The lowest BCUT2D eigenvalue weighted by molar-refractivity contribution is 0.607. The van der Waals surface area contributed by atoms with Crippen LogP contribution in [0.2, 0.25) is 0 Å². The minimum atomic E-state index is -0.311. The minimum absolute atomic E-state index is 0.0446. The fourth-order valence-corrected chi connectivity index (χ4v) is 2.63. The van der Waals surface area contributed by atoms with E-state index in [1.54, 1.807) is 18.0 Å². The van der Waals surface area contributed by atoms with E-state index in [-0.39, 0.29) is 11.9 Å². The van der Waals surface area contributed by atoms with Crippen molar-refractivity contribution in [1.29, 1.82) is 0 Å². The first-order chi connectivity index (χ1) is 8.76. The lowest BCUT2D eigenvalue weighted by Gasteiger charge is -2.19. The van der Waals surface area contributed by atoms with Gasteiger partial charge in [0.05, 0.1) is 12.2 Å². The predicted molar refractivity (Wildman–Crippen MR) is 73.3 cm³/mol. The minimum Gasteiger partial charge on any atom is -0.309 e. The van der Waals surface area contributed by atoms with Gasteiger partial charge in [0.25, 0.3) is 0 Å². The molecule has 0 bridgehead atoms. The maximum absolute atomic E-state index is 13.3. The molecule has 0 spiro atoms. The lowest BCUT2D eigenvalue weighted by atomic mass is 10.0. The van der Waals surface area contributed by atoms with Crippen LogP contribution in [-0.4, -0.2) is 18.3 Å². The number of pyridine rings is 1. The molecule has 2 aromatic rings. The van der Waals surface area contributed by atoms with E-state index < -0.39 is 0 Å². The molecule has 0 fully saturated rings. The molecule has 1 heterocycles. The molecule has 0 aliphatic carbocycles. The van der Waals surface area contributed by atoms with Crippen LogP contribution in [0.1, 0.15) is 17.2 Å². The van der Waals surface area contributed by atoms with Gasteiger partial charge in [0, 0.05) is 11.1 Å². The molecule has 18 heavy (non-hydrogen) atoms. The van der Waals surface area contributed by atoms with Crippen molar-refractivity contribution in [2.45, 2.75) is 10.9 Å². The van der Waals surface area contributed by atoms with Gasteiger partial charge in [-0.2, -0.15) is 0 Å². The van der Waals surface area contributed by atoms with E-state index in [9.17, 15) is 4.39 Å². The lowest BCUT2D eigenvalue weighted by Crippen LogP contribution is -2.18. The number of hydrogen-bond donors (Lipinski definition) is 1. The summed E-state index contributed by atoms with van der Waals surface area (Å²) in [6.45, 7) is 0. The van der Waals surface area contributed by atoms with Gasteiger partial charge in [-0.15, -0.1) is 11.8 Å². The van der Waals surface area contributed by atoms with Crippen LogP contribution in [0.3, 0.4) is 0 Å². The topological polar surface area (TPSA) is 24.9 Å². The molecule has 0 aliphatic heterocycles. The van der Waals surface area contributed by atoms with Gasteiger partial charge in [-0.25, -0.2) is 4.39 Å². The Morgan fingerprint density at radius 1 is 1.28 bits per heavy atom. The van der Waals surface area contributed by atoms with Crippen LogP contribution in [0.15, 0.2) is 47.6 Å². The van der Waals surface area contributed by atoms with Crippen molar-refractivity contribution in [2.24, 2.45) is 0 Å². The van der Waals surface area contributed by atoms with Gasteiger partial charge < -0.3 is 5.32 Å². The standard InChI is InChI=1S/C14H15FN2S/c1-16-14(10-7-11(15)9-17-8-10)12-5-3-4-6-13(12)18-2/h3-9,14,16H,1-2H3. The Bertz CT molecular complexity index is 531. The Balaban J connectivity index is 2.45. The van der Waals surface area contributed by atoms with Crippen molar-refractivity contribution >= 4 is 11.8 Å². The molecule has 0 saturated heterocycles. The molecule has 1 N–H and O–H groups in total. The average molecular weight is 262 g/mol. The molecular formula is C14H15FN2S. The highest BCUT2D eigenvalue weighted by Gasteiger charge is 2.15. The fraction of sp³-hybridized carbons (Fsp3) is 0.214. The highest BCUT2D eigenvalue weighted by Crippen LogP contribution is 2.29. The summed E-state index contributed by atoms with van der Waals surface area (Å²) in [5, 5.41) is 3.22. The predicted octanol–water partition coefficient (Wildman–Crippen LogP) is 3.25. The Hall–Kier alpha value is -1.39. The van der Waals surface area contributed by atoms with Crippen LogP contribution in [0.4, 0.5) is 4.39 Å². The number of aromatic nitrogens is 1. The quantitative estimate of drug-likeness (QED) is 0.856. The number of hydrogen-bond acceptors (Lipinski definition) is 3. The van der Waals surface area contributed by atoms with Crippen LogP contribution in [0.25, 0.3) is 0 Å². The van der Waals surface area contributed by atoms with Crippen molar-refractivity contribution < 1.29 is 4.39 Å². The van der Waals surface area contributed by atoms with Crippen molar-refractivity contribution in [1.82, 2.24) is 10.3 Å². The SMILES string of the molecule is CNC(c1cncc(F)c1)c1ccccc1SC. The smallest absolute Gasteiger partial charge is 0.141 e. The molecule has 2 nitrogen and oxygen atoms in total. The highest BCUT2D eigenvalue weighted by molar-refractivity contribution is 7.98. The van der Waals surface area contributed by atoms with Crippen LogP contribution in [0.5, 0.6) is 0 Å². The number of nitrogens with one attached hydrogen (secondary N) is 1. The van der Waals surface area contributed by atoms with E-state index in [0.717, 1.165) is 11.1 Å². The maximum atomic E-state index is 13.3. The third-order valence-electron chi connectivity index (χ3n) is 2.80. The molecule has 2 rings (SSSR count). The molecule has 1 unspecified atom stereocenters. The summed E-state index contributed by atoms with van der Waals surface area (Å²) in [4.78, 5) is 5.09. The largest absolute Gasteiger partial charge is 0.309 e. The molecule has 0 saturated carbocycles. The van der Waals surface area contributed by atoms with Gasteiger partial charge in [-0.05, 0) is 36.6 Å². The molecular weight excluding hydrogens is 247 g/mol. The van der Waals surface area contributed by atoms with Gasteiger partial charge in [0.2, 0.25) is 0 Å². The first kappa shape index (κ1) is 13.1. The monoisotopic (exact) mass is 262 g/mol.